The molecule has 4 unspecified atom stereocenters. The summed E-state index contributed by atoms with van der Waals surface area (Å²) in [4.78, 5) is 2.63. The molecule has 3 aliphatic heterocycles. The molecule has 0 aromatic rings. The molecule has 18 heavy (non-hydrogen) atoms. The first-order valence-electron chi connectivity index (χ1n) is 7.34. The van der Waals surface area contributed by atoms with Crippen LogP contribution >= 0.6 is 0 Å². The summed E-state index contributed by atoms with van der Waals surface area (Å²) in [6, 6.07) is 1.55. The van der Waals surface area contributed by atoms with Crippen LogP contribution in [0.3, 0.4) is 0 Å². The smallest absolute Gasteiger partial charge is 0.0745 e. The van der Waals surface area contributed by atoms with Crippen molar-refractivity contribution in [3.05, 3.63) is 0 Å². The van der Waals surface area contributed by atoms with Crippen LogP contribution < -0.4 is 16.0 Å². The van der Waals surface area contributed by atoms with Crippen molar-refractivity contribution < 1.29 is 5.11 Å². The molecule has 3 aliphatic rings. The van der Waals surface area contributed by atoms with Crippen molar-refractivity contribution in [1.29, 1.82) is 0 Å². The van der Waals surface area contributed by atoms with Crippen molar-refractivity contribution >= 4 is 0 Å². The Labute approximate surface area is 109 Å². The molecule has 104 valence electrons. The van der Waals surface area contributed by atoms with Crippen molar-refractivity contribution in [2.75, 3.05) is 26.4 Å². The predicted molar refractivity (Wildman–Crippen MR) is 71.1 cm³/mol. The Kier molecular flexibility index (Phi) is 3.86. The second-order valence-corrected chi connectivity index (χ2v) is 6.20. The van der Waals surface area contributed by atoms with Crippen molar-refractivity contribution in [2.24, 2.45) is 5.92 Å². The highest BCUT2D eigenvalue weighted by Gasteiger charge is 2.41. The fraction of sp³-hybridized carbons (Fsp3) is 1.00. The Bertz CT molecular complexity index is 288. The van der Waals surface area contributed by atoms with Crippen LogP contribution in [0.1, 0.15) is 26.2 Å². The lowest BCUT2D eigenvalue weighted by Crippen LogP contribution is -2.58. The van der Waals surface area contributed by atoms with Gasteiger partial charge in [0.2, 0.25) is 0 Å². The molecule has 0 aromatic carbocycles. The molecule has 3 saturated heterocycles. The van der Waals surface area contributed by atoms with Crippen molar-refractivity contribution in [1.82, 2.24) is 20.9 Å². The van der Waals surface area contributed by atoms with Gasteiger partial charge in [-0.25, -0.2) is 0 Å². The van der Waals surface area contributed by atoms with E-state index < -0.39 is 0 Å². The van der Waals surface area contributed by atoms with E-state index in [1.807, 2.05) is 0 Å². The zero-order valence-corrected chi connectivity index (χ0v) is 11.2. The fourth-order valence-corrected chi connectivity index (χ4v) is 3.78. The van der Waals surface area contributed by atoms with E-state index in [1.165, 1.54) is 12.8 Å². The lowest BCUT2D eigenvalue weighted by molar-refractivity contribution is 0.0927. The molecule has 0 amide bonds. The third kappa shape index (κ3) is 2.42. The predicted octanol–water partition coefficient (Wildman–Crippen LogP) is -0.714. The molecular formula is C13H26N4O. The Morgan fingerprint density at radius 2 is 2.17 bits per heavy atom. The van der Waals surface area contributed by atoms with E-state index >= 15 is 0 Å². The van der Waals surface area contributed by atoms with E-state index in [-0.39, 0.29) is 12.6 Å². The van der Waals surface area contributed by atoms with Crippen LogP contribution in [-0.4, -0.2) is 60.7 Å². The summed E-state index contributed by atoms with van der Waals surface area (Å²) in [6.07, 6.45) is 3.96. The first kappa shape index (κ1) is 12.8. The van der Waals surface area contributed by atoms with E-state index in [0.717, 1.165) is 32.1 Å². The summed E-state index contributed by atoms with van der Waals surface area (Å²) in [5, 5.41) is 19.9. The van der Waals surface area contributed by atoms with E-state index in [0.29, 0.717) is 18.2 Å². The van der Waals surface area contributed by atoms with Gasteiger partial charge in [0, 0.05) is 24.7 Å². The molecule has 5 heteroatoms. The average molecular weight is 254 g/mol. The number of aliphatic hydroxyl groups is 1. The molecular weight excluding hydrogens is 228 g/mol. The number of hydrogen-bond donors (Lipinski definition) is 4. The van der Waals surface area contributed by atoms with Gasteiger partial charge in [0.25, 0.3) is 0 Å². The number of nitrogens with zero attached hydrogens (tertiary/aromatic N) is 1. The summed E-state index contributed by atoms with van der Waals surface area (Å²) < 4.78 is 0. The highest BCUT2D eigenvalue weighted by atomic mass is 16.3. The van der Waals surface area contributed by atoms with Crippen LogP contribution in [0, 0.1) is 5.92 Å². The highest BCUT2D eigenvalue weighted by Crippen LogP contribution is 2.26. The summed E-state index contributed by atoms with van der Waals surface area (Å²) in [5.41, 5.74) is 0. The van der Waals surface area contributed by atoms with E-state index in [4.69, 9.17) is 0 Å². The number of fused-ring (bicyclic) bond motifs is 1. The summed E-state index contributed by atoms with van der Waals surface area (Å²) >= 11 is 0. The molecule has 5 nitrogen and oxygen atoms in total. The third-order valence-corrected chi connectivity index (χ3v) is 4.77. The van der Waals surface area contributed by atoms with E-state index in [2.05, 4.69) is 27.8 Å². The van der Waals surface area contributed by atoms with E-state index in [1.54, 1.807) is 0 Å². The Morgan fingerprint density at radius 1 is 1.28 bits per heavy atom. The lowest BCUT2D eigenvalue weighted by Gasteiger charge is -2.41. The Hall–Kier alpha value is -0.200. The highest BCUT2D eigenvalue weighted by molar-refractivity contribution is 4.98. The fourth-order valence-electron chi connectivity index (χ4n) is 3.78. The summed E-state index contributed by atoms with van der Waals surface area (Å²) in [7, 11) is 0. The lowest BCUT2D eigenvalue weighted by atomic mass is 9.93. The molecule has 0 bridgehead atoms. The quantitative estimate of drug-likeness (QED) is 0.524. The molecule has 4 N–H and O–H groups in total. The zero-order valence-electron chi connectivity index (χ0n) is 11.2. The number of piperidine rings is 2. The van der Waals surface area contributed by atoms with Crippen LogP contribution in [0.5, 0.6) is 0 Å². The normalized spacial score (nSPS) is 46.0. The van der Waals surface area contributed by atoms with Gasteiger partial charge in [-0.05, 0) is 31.7 Å². The summed E-state index contributed by atoms with van der Waals surface area (Å²) in [5.74, 6) is 0.782. The second-order valence-electron chi connectivity index (χ2n) is 6.20. The minimum atomic E-state index is 0.257. The van der Waals surface area contributed by atoms with Crippen molar-refractivity contribution in [2.45, 2.75) is 50.5 Å². The number of nitrogens with one attached hydrogen (secondary N) is 3. The van der Waals surface area contributed by atoms with Gasteiger partial charge in [-0.15, -0.1) is 0 Å². The SMILES string of the molecule is C[C@H]1CNCC(N2CNC3NC(CO)CCC32)C1. The number of hydrogen-bond acceptors (Lipinski definition) is 5. The van der Waals surface area contributed by atoms with Crippen LogP contribution in [0.25, 0.3) is 0 Å². The molecule has 3 fully saturated rings. The first-order valence-corrected chi connectivity index (χ1v) is 7.34. The monoisotopic (exact) mass is 254 g/mol. The van der Waals surface area contributed by atoms with Crippen LogP contribution in [0.2, 0.25) is 0 Å². The maximum atomic E-state index is 9.25. The zero-order chi connectivity index (χ0) is 12.5. The second kappa shape index (κ2) is 5.43. The van der Waals surface area contributed by atoms with Gasteiger partial charge in [-0.1, -0.05) is 6.92 Å². The number of aliphatic hydroxyl groups excluding tert-OH is 1. The molecule has 0 radical (unpaired) electrons. The first-order chi connectivity index (χ1) is 8.78. The molecule has 0 aliphatic carbocycles. The van der Waals surface area contributed by atoms with Gasteiger partial charge in [-0.2, -0.15) is 0 Å². The van der Waals surface area contributed by atoms with E-state index in [9.17, 15) is 5.11 Å². The minimum absolute atomic E-state index is 0.257. The minimum Gasteiger partial charge on any atom is -0.395 e. The van der Waals surface area contributed by atoms with Gasteiger partial charge in [0.05, 0.1) is 19.4 Å². The standard InChI is InChI=1S/C13H26N4O/c1-9-4-11(6-14-5-9)17-8-15-13-12(17)3-2-10(7-18)16-13/h9-16,18H,2-8H2,1H3/t9-,10?,11?,12?,13?/m1/s1. The van der Waals surface area contributed by atoms with Gasteiger partial charge >= 0.3 is 0 Å². The van der Waals surface area contributed by atoms with Gasteiger partial charge in [0.15, 0.2) is 0 Å². The maximum absolute atomic E-state index is 9.25. The van der Waals surface area contributed by atoms with Crippen molar-refractivity contribution in [3.8, 4) is 0 Å². The van der Waals surface area contributed by atoms with Gasteiger partial charge in [0.1, 0.15) is 0 Å². The van der Waals surface area contributed by atoms with Crippen LogP contribution in [0.4, 0.5) is 0 Å². The molecule has 5 atom stereocenters. The van der Waals surface area contributed by atoms with Crippen LogP contribution in [-0.2, 0) is 0 Å². The average Bonchev–Trinajstić information content (AvgIpc) is 2.81. The molecule has 0 aromatic heterocycles. The van der Waals surface area contributed by atoms with Gasteiger partial charge < -0.3 is 10.4 Å². The third-order valence-electron chi connectivity index (χ3n) is 4.77. The largest absolute Gasteiger partial charge is 0.395 e. The molecule has 3 heterocycles. The maximum Gasteiger partial charge on any atom is 0.0745 e. The number of rotatable bonds is 2. The van der Waals surface area contributed by atoms with Crippen LogP contribution in [0.15, 0.2) is 0 Å². The Balaban J connectivity index is 1.62. The van der Waals surface area contributed by atoms with Gasteiger partial charge in [-0.3, -0.25) is 15.5 Å². The van der Waals surface area contributed by atoms with Crippen molar-refractivity contribution in [3.63, 3.8) is 0 Å². The molecule has 0 saturated carbocycles. The topological polar surface area (TPSA) is 59.6 Å². The molecule has 3 rings (SSSR count). The molecule has 0 spiro atoms. The summed E-state index contributed by atoms with van der Waals surface area (Å²) in [6.45, 7) is 5.86. The Morgan fingerprint density at radius 3 is 2.94 bits per heavy atom.